The van der Waals surface area contributed by atoms with E-state index in [9.17, 15) is 4.79 Å². The summed E-state index contributed by atoms with van der Waals surface area (Å²) < 4.78 is 9.58. The van der Waals surface area contributed by atoms with Crippen molar-refractivity contribution in [2.75, 3.05) is 18.4 Å². The number of nitrogens with one attached hydrogen (secondary N) is 1. The molecule has 1 aliphatic rings. The lowest BCUT2D eigenvalue weighted by Crippen LogP contribution is -2.44. The molecule has 128 valence electrons. The molecule has 2 atom stereocenters. The third-order valence-corrected chi connectivity index (χ3v) is 4.77. The predicted octanol–water partition coefficient (Wildman–Crippen LogP) is 2.71. The van der Waals surface area contributed by atoms with Crippen LogP contribution in [0.25, 0.3) is 0 Å². The van der Waals surface area contributed by atoms with E-state index in [1.165, 1.54) is 5.56 Å². The van der Waals surface area contributed by atoms with E-state index in [1.807, 2.05) is 18.2 Å². The van der Waals surface area contributed by atoms with E-state index >= 15 is 0 Å². The number of nitrogens with zero attached hydrogens (tertiary/aromatic N) is 3. The SMILES string of the molecule is Cc1nnsc1C(=O)Nc1cccc(CN2C[C@@H](C)O[C@@H](C)C2)c1. The zero-order valence-electron chi connectivity index (χ0n) is 14.2. The summed E-state index contributed by atoms with van der Waals surface area (Å²) in [7, 11) is 0. The molecule has 1 N–H and O–H groups in total. The Labute approximate surface area is 146 Å². The summed E-state index contributed by atoms with van der Waals surface area (Å²) in [5.74, 6) is -0.159. The first-order valence-electron chi connectivity index (χ1n) is 8.08. The highest BCUT2D eigenvalue weighted by Gasteiger charge is 2.22. The molecule has 2 heterocycles. The Balaban J connectivity index is 1.66. The van der Waals surface area contributed by atoms with Crippen LogP contribution in [0.2, 0.25) is 0 Å². The van der Waals surface area contributed by atoms with Crippen LogP contribution < -0.4 is 5.32 Å². The number of morpholine rings is 1. The Bertz CT molecular complexity index is 708. The van der Waals surface area contributed by atoms with Gasteiger partial charge in [-0.15, -0.1) is 5.10 Å². The lowest BCUT2D eigenvalue weighted by Gasteiger charge is -2.35. The summed E-state index contributed by atoms with van der Waals surface area (Å²) in [6.07, 6.45) is 0.497. The van der Waals surface area contributed by atoms with E-state index in [4.69, 9.17) is 4.74 Å². The lowest BCUT2D eigenvalue weighted by atomic mass is 10.1. The smallest absolute Gasteiger partial charge is 0.269 e. The summed E-state index contributed by atoms with van der Waals surface area (Å²) >= 11 is 1.11. The fourth-order valence-electron chi connectivity index (χ4n) is 3.05. The van der Waals surface area contributed by atoms with Gasteiger partial charge in [0.05, 0.1) is 17.9 Å². The quantitative estimate of drug-likeness (QED) is 0.922. The van der Waals surface area contributed by atoms with E-state index in [1.54, 1.807) is 6.92 Å². The molecule has 0 saturated carbocycles. The van der Waals surface area contributed by atoms with Crippen LogP contribution in [0.4, 0.5) is 5.69 Å². The number of hydrogen-bond donors (Lipinski definition) is 1. The normalized spacial score (nSPS) is 21.6. The first kappa shape index (κ1) is 17.0. The summed E-state index contributed by atoms with van der Waals surface area (Å²) in [5, 5.41) is 6.81. The number of carbonyl (C=O) groups excluding carboxylic acids is 1. The first-order chi connectivity index (χ1) is 11.5. The average Bonchev–Trinajstić information content (AvgIpc) is 2.92. The van der Waals surface area contributed by atoms with Crippen molar-refractivity contribution in [3.8, 4) is 0 Å². The van der Waals surface area contributed by atoms with E-state index in [2.05, 4.69) is 39.7 Å². The molecule has 1 saturated heterocycles. The molecule has 1 amide bonds. The van der Waals surface area contributed by atoms with Gasteiger partial charge in [0, 0.05) is 25.3 Å². The number of hydrogen-bond acceptors (Lipinski definition) is 6. The molecule has 7 heteroatoms. The zero-order chi connectivity index (χ0) is 17.1. The van der Waals surface area contributed by atoms with E-state index < -0.39 is 0 Å². The van der Waals surface area contributed by atoms with Crippen molar-refractivity contribution in [3.05, 3.63) is 40.4 Å². The minimum Gasteiger partial charge on any atom is -0.373 e. The Hall–Kier alpha value is -1.83. The van der Waals surface area contributed by atoms with Crippen LogP contribution in [-0.2, 0) is 11.3 Å². The maximum absolute atomic E-state index is 12.3. The molecule has 0 unspecified atom stereocenters. The Kier molecular flexibility index (Phi) is 5.23. The minimum atomic E-state index is -0.159. The molecule has 1 aromatic heterocycles. The second-order valence-corrected chi connectivity index (χ2v) is 7.05. The van der Waals surface area contributed by atoms with Gasteiger partial charge in [-0.05, 0) is 50.0 Å². The highest BCUT2D eigenvalue weighted by atomic mass is 32.1. The molecule has 0 aliphatic carbocycles. The number of carbonyl (C=O) groups is 1. The van der Waals surface area contributed by atoms with Gasteiger partial charge in [0.1, 0.15) is 4.88 Å². The topological polar surface area (TPSA) is 67.4 Å². The van der Waals surface area contributed by atoms with Crippen molar-refractivity contribution < 1.29 is 9.53 Å². The van der Waals surface area contributed by atoms with Gasteiger partial charge in [-0.3, -0.25) is 9.69 Å². The third kappa shape index (κ3) is 4.17. The first-order valence-corrected chi connectivity index (χ1v) is 8.85. The Morgan fingerprint density at radius 1 is 1.38 bits per heavy atom. The number of rotatable bonds is 4. The van der Waals surface area contributed by atoms with Gasteiger partial charge >= 0.3 is 0 Å². The summed E-state index contributed by atoms with van der Waals surface area (Å²) in [6.45, 7) is 8.69. The highest BCUT2D eigenvalue weighted by molar-refractivity contribution is 7.08. The van der Waals surface area contributed by atoms with Crippen LogP contribution in [0.1, 0.15) is 34.8 Å². The van der Waals surface area contributed by atoms with Crippen LogP contribution in [0.5, 0.6) is 0 Å². The number of benzene rings is 1. The van der Waals surface area contributed by atoms with Gasteiger partial charge in [0.15, 0.2) is 0 Å². The largest absolute Gasteiger partial charge is 0.373 e. The fraction of sp³-hybridized carbons (Fsp3) is 0.471. The van der Waals surface area contributed by atoms with Gasteiger partial charge in [-0.25, -0.2) is 0 Å². The predicted molar refractivity (Wildman–Crippen MR) is 94.3 cm³/mol. The van der Waals surface area contributed by atoms with Crippen molar-refractivity contribution >= 4 is 23.1 Å². The van der Waals surface area contributed by atoms with E-state index in [0.717, 1.165) is 36.9 Å². The van der Waals surface area contributed by atoms with Gasteiger partial charge in [0.25, 0.3) is 5.91 Å². The number of aromatic nitrogens is 2. The van der Waals surface area contributed by atoms with Crippen molar-refractivity contribution in [1.82, 2.24) is 14.5 Å². The molecule has 3 rings (SSSR count). The minimum absolute atomic E-state index is 0.159. The second kappa shape index (κ2) is 7.38. The number of amides is 1. The van der Waals surface area contributed by atoms with Crippen molar-refractivity contribution in [2.45, 2.75) is 39.5 Å². The fourth-order valence-corrected chi connectivity index (χ4v) is 3.60. The molecule has 0 radical (unpaired) electrons. The molecule has 1 aromatic carbocycles. The number of anilines is 1. The zero-order valence-corrected chi connectivity index (χ0v) is 15.0. The number of aryl methyl sites for hydroxylation is 1. The summed E-state index contributed by atoms with van der Waals surface area (Å²) in [4.78, 5) is 15.2. The van der Waals surface area contributed by atoms with Crippen LogP contribution in [0.3, 0.4) is 0 Å². The second-order valence-electron chi connectivity index (χ2n) is 6.29. The highest BCUT2D eigenvalue weighted by Crippen LogP contribution is 2.18. The molecule has 0 spiro atoms. The van der Waals surface area contributed by atoms with Crippen molar-refractivity contribution in [2.24, 2.45) is 0 Å². The maximum Gasteiger partial charge on any atom is 0.269 e. The molecule has 2 aromatic rings. The molecule has 1 aliphatic heterocycles. The molecule has 24 heavy (non-hydrogen) atoms. The van der Waals surface area contributed by atoms with Gasteiger partial charge < -0.3 is 10.1 Å². The standard InChI is InChI=1S/C17H22N4O2S/c1-11-8-21(9-12(2)23-11)10-14-5-4-6-15(7-14)18-17(22)16-13(3)19-20-24-16/h4-7,11-12H,8-10H2,1-3H3,(H,18,22)/t11-,12+. The monoisotopic (exact) mass is 346 g/mol. The summed E-state index contributed by atoms with van der Waals surface area (Å²) in [6, 6.07) is 7.97. The molecular formula is C17H22N4O2S. The molecule has 1 fully saturated rings. The average molecular weight is 346 g/mol. The molecule has 0 bridgehead atoms. The van der Waals surface area contributed by atoms with Crippen molar-refractivity contribution in [3.63, 3.8) is 0 Å². The molecule has 6 nitrogen and oxygen atoms in total. The Morgan fingerprint density at radius 3 is 2.79 bits per heavy atom. The maximum atomic E-state index is 12.3. The lowest BCUT2D eigenvalue weighted by molar-refractivity contribution is -0.0704. The third-order valence-electron chi connectivity index (χ3n) is 3.94. The van der Waals surface area contributed by atoms with Crippen molar-refractivity contribution in [1.29, 1.82) is 0 Å². The van der Waals surface area contributed by atoms with E-state index in [0.29, 0.717) is 10.6 Å². The van der Waals surface area contributed by atoms with Crippen LogP contribution in [0.15, 0.2) is 24.3 Å². The van der Waals surface area contributed by atoms with Crippen LogP contribution in [-0.4, -0.2) is 45.7 Å². The van der Waals surface area contributed by atoms with Crippen LogP contribution >= 0.6 is 11.5 Å². The molecular weight excluding hydrogens is 324 g/mol. The van der Waals surface area contributed by atoms with Gasteiger partial charge in [-0.2, -0.15) is 0 Å². The van der Waals surface area contributed by atoms with Crippen LogP contribution in [0, 0.1) is 6.92 Å². The van der Waals surface area contributed by atoms with E-state index in [-0.39, 0.29) is 18.1 Å². The number of ether oxygens (including phenoxy) is 1. The summed E-state index contributed by atoms with van der Waals surface area (Å²) in [5.41, 5.74) is 2.62. The Morgan fingerprint density at radius 2 is 2.12 bits per heavy atom. The van der Waals surface area contributed by atoms with Gasteiger partial charge in [-0.1, -0.05) is 16.6 Å². The van der Waals surface area contributed by atoms with Gasteiger partial charge in [0.2, 0.25) is 0 Å².